The van der Waals surface area contributed by atoms with Crippen molar-refractivity contribution in [1.29, 1.82) is 0 Å². The van der Waals surface area contributed by atoms with Crippen molar-refractivity contribution in [3.8, 4) is 17.2 Å². The number of fused-ring (bicyclic) bond motifs is 2. The molecule has 1 aliphatic heterocycles. The average molecular weight is 462 g/mol. The van der Waals surface area contributed by atoms with Gasteiger partial charge < -0.3 is 14.8 Å². The maximum absolute atomic E-state index is 12.3. The third-order valence-electron chi connectivity index (χ3n) is 4.72. The lowest BCUT2D eigenvalue weighted by Gasteiger charge is -2.19. The van der Waals surface area contributed by atoms with E-state index in [1.54, 1.807) is 29.1 Å². The molecule has 3 amide bonds. The second-order valence-electron chi connectivity index (χ2n) is 6.96. The van der Waals surface area contributed by atoms with E-state index in [-0.39, 0.29) is 5.75 Å². The van der Waals surface area contributed by atoms with Crippen LogP contribution in [-0.2, 0) is 4.79 Å². The molecule has 166 valence electrons. The largest absolute Gasteiger partial charge is 0.486 e. The quantitative estimate of drug-likeness (QED) is 0.343. The van der Waals surface area contributed by atoms with Crippen molar-refractivity contribution in [3.63, 3.8) is 0 Å². The second-order valence-corrected chi connectivity index (χ2v) is 7.92. The molecule has 2 aromatic heterocycles. The van der Waals surface area contributed by atoms with Crippen LogP contribution in [0.5, 0.6) is 11.5 Å². The molecule has 2 aromatic carbocycles. The van der Waals surface area contributed by atoms with Crippen LogP contribution < -0.4 is 20.1 Å². The summed E-state index contributed by atoms with van der Waals surface area (Å²) in [7, 11) is 0. The minimum absolute atomic E-state index is 0.00279. The standard InChI is InChI=1S/C22H18N6O4S/c29-19(27-22(30)26-14-6-7-17-18(10-14)32-9-8-31-17)12-33-21-16-11-25-28(20(16)23-13-24-21)15-4-2-1-3-5-15/h1-7,10-11,13H,8-9,12H2,(H2,26,27,29,30). The Balaban J connectivity index is 1.20. The van der Waals surface area contributed by atoms with Gasteiger partial charge in [0.15, 0.2) is 17.1 Å². The number of aromatic nitrogens is 4. The molecule has 0 saturated heterocycles. The van der Waals surface area contributed by atoms with Gasteiger partial charge in [0.2, 0.25) is 5.91 Å². The predicted molar refractivity (Wildman–Crippen MR) is 122 cm³/mol. The predicted octanol–water partition coefficient (Wildman–Crippen LogP) is 3.03. The molecule has 0 aliphatic carbocycles. The van der Waals surface area contributed by atoms with Crippen molar-refractivity contribution in [1.82, 2.24) is 25.1 Å². The van der Waals surface area contributed by atoms with Crippen LogP contribution in [0.15, 0.2) is 66.1 Å². The van der Waals surface area contributed by atoms with E-state index in [0.29, 0.717) is 41.1 Å². The van der Waals surface area contributed by atoms with E-state index in [1.807, 2.05) is 30.3 Å². The van der Waals surface area contributed by atoms with Crippen molar-refractivity contribution in [2.24, 2.45) is 0 Å². The van der Waals surface area contributed by atoms with Crippen LogP contribution >= 0.6 is 11.8 Å². The highest BCUT2D eigenvalue weighted by Gasteiger charge is 2.16. The van der Waals surface area contributed by atoms with E-state index in [2.05, 4.69) is 25.7 Å². The van der Waals surface area contributed by atoms with Gasteiger partial charge in [-0.2, -0.15) is 5.10 Å². The van der Waals surface area contributed by atoms with Crippen molar-refractivity contribution in [2.75, 3.05) is 24.3 Å². The minimum Gasteiger partial charge on any atom is -0.486 e. The zero-order valence-electron chi connectivity index (χ0n) is 17.2. The first-order chi connectivity index (χ1) is 16.2. The Morgan fingerprint density at radius 2 is 1.85 bits per heavy atom. The third kappa shape index (κ3) is 4.58. The summed E-state index contributed by atoms with van der Waals surface area (Å²) in [5.41, 5.74) is 1.99. The zero-order chi connectivity index (χ0) is 22.6. The number of carbonyl (C=O) groups is 2. The Morgan fingerprint density at radius 1 is 1.03 bits per heavy atom. The van der Waals surface area contributed by atoms with E-state index < -0.39 is 11.9 Å². The smallest absolute Gasteiger partial charge is 0.325 e. The van der Waals surface area contributed by atoms with Crippen molar-refractivity contribution in [3.05, 3.63) is 61.1 Å². The Morgan fingerprint density at radius 3 is 2.70 bits per heavy atom. The lowest BCUT2D eigenvalue weighted by atomic mass is 10.2. The van der Waals surface area contributed by atoms with Gasteiger partial charge in [-0.25, -0.2) is 19.4 Å². The summed E-state index contributed by atoms with van der Waals surface area (Å²) in [6.07, 6.45) is 3.09. The first-order valence-electron chi connectivity index (χ1n) is 10.0. The van der Waals surface area contributed by atoms with Crippen LogP contribution in [0, 0.1) is 0 Å². The summed E-state index contributed by atoms with van der Waals surface area (Å²) in [4.78, 5) is 33.1. The highest BCUT2D eigenvalue weighted by atomic mass is 32.2. The summed E-state index contributed by atoms with van der Waals surface area (Å²) in [6.45, 7) is 0.928. The van der Waals surface area contributed by atoms with Crippen molar-refractivity contribution < 1.29 is 19.1 Å². The molecule has 0 saturated carbocycles. The van der Waals surface area contributed by atoms with Gasteiger partial charge in [0.25, 0.3) is 0 Å². The molecule has 10 nitrogen and oxygen atoms in total. The van der Waals surface area contributed by atoms with Crippen LogP contribution in [0.3, 0.4) is 0 Å². The number of anilines is 1. The third-order valence-corrected chi connectivity index (χ3v) is 5.73. The molecule has 11 heteroatoms. The Labute approximate surface area is 192 Å². The summed E-state index contributed by atoms with van der Waals surface area (Å²) in [5.74, 6) is 0.699. The van der Waals surface area contributed by atoms with E-state index in [0.717, 1.165) is 11.1 Å². The molecule has 5 rings (SSSR count). The van der Waals surface area contributed by atoms with Gasteiger partial charge in [0, 0.05) is 11.8 Å². The second kappa shape index (κ2) is 9.17. The first kappa shape index (κ1) is 20.8. The number of carbonyl (C=O) groups excluding carboxylic acids is 2. The molecule has 0 spiro atoms. The molecule has 0 bridgehead atoms. The monoisotopic (exact) mass is 462 g/mol. The van der Waals surface area contributed by atoms with Crippen molar-refractivity contribution >= 4 is 40.4 Å². The molecule has 4 aromatic rings. The maximum Gasteiger partial charge on any atom is 0.325 e. The molecule has 2 N–H and O–H groups in total. The first-order valence-corrected chi connectivity index (χ1v) is 11.0. The number of hydrogen-bond acceptors (Lipinski definition) is 8. The van der Waals surface area contributed by atoms with E-state index in [1.165, 1.54) is 18.1 Å². The van der Waals surface area contributed by atoms with E-state index in [4.69, 9.17) is 9.47 Å². The minimum atomic E-state index is -0.637. The van der Waals surface area contributed by atoms with Gasteiger partial charge in [0.05, 0.1) is 23.0 Å². The molecular weight excluding hydrogens is 444 g/mol. The zero-order valence-corrected chi connectivity index (χ0v) is 18.0. The number of hydrogen-bond donors (Lipinski definition) is 2. The number of imide groups is 1. The van der Waals surface area contributed by atoms with Gasteiger partial charge >= 0.3 is 6.03 Å². The fraction of sp³-hybridized carbons (Fsp3) is 0.136. The van der Waals surface area contributed by atoms with E-state index >= 15 is 0 Å². The molecule has 33 heavy (non-hydrogen) atoms. The highest BCUT2D eigenvalue weighted by molar-refractivity contribution is 8.00. The molecular formula is C22H18N6O4S. The number of amides is 3. The number of thioether (sulfide) groups is 1. The van der Waals surface area contributed by atoms with Crippen LogP contribution in [0.25, 0.3) is 16.7 Å². The Hall–Kier alpha value is -4.12. The number of nitrogens with zero attached hydrogens (tertiary/aromatic N) is 4. The van der Waals surface area contributed by atoms with E-state index in [9.17, 15) is 9.59 Å². The topological polar surface area (TPSA) is 120 Å². The normalized spacial score (nSPS) is 12.4. The fourth-order valence-corrected chi connectivity index (χ4v) is 4.04. The molecule has 0 radical (unpaired) electrons. The SMILES string of the molecule is O=C(CSc1ncnc2c1cnn2-c1ccccc1)NC(=O)Nc1ccc2c(c1)OCCO2. The Bertz CT molecular complexity index is 1330. The van der Waals surface area contributed by atoms with Crippen molar-refractivity contribution in [2.45, 2.75) is 5.03 Å². The molecule has 3 heterocycles. The number of urea groups is 1. The molecule has 1 aliphatic rings. The van der Waals surface area contributed by atoms with Gasteiger partial charge in [0.1, 0.15) is 24.6 Å². The summed E-state index contributed by atoms with van der Waals surface area (Å²) < 4.78 is 12.7. The maximum atomic E-state index is 12.3. The van der Waals surface area contributed by atoms with Crippen LogP contribution in [0.1, 0.15) is 0 Å². The summed E-state index contributed by atoms with van der Waals surface area (Å²) in [5, 5.41) is 10.6. The molecule has 0 unspecified atom stereocenters. The highest BCUT2D eigenvalue weighted by Crippen LogP contribution is 2.32. The fourth-order valence-electron chi connectivity index (χ4n) is 3.28. The number of rotatable bonds is 5. The molecule has 0 atom stereocenters. The van der Waals surface area contributed by atoms with Gasteiger partial charge in [-0.1, -0.05) is 30.0 Å². The number of benzene rings is 2. The number of ether oxygens (including phenoxy) is 2. The lowest BCUT2D eigenvalue weighted by molar-refractivity contribution is -0.117. The van der Waals surface area contributed by atoms with Crippen LogP contribution in [0.4, 0.5) is 10.5 Å². The van der Waals surface area contributed by atoms with Crippen LogP contribution in [0.2, 0.25) is 0 Å². The van der Waals surface area contributed by atoms with Crippen LogP contribution in [-0.4, -0.2) is 50.7 Å². The lowest BCUT2D eigenvalue weighted by Crippen LogP contribution is -2.35. The van der Waals surface area contributed by atoms with Gasteiger partial charge in [-0.05, 0) is 24.3 Å². The van der Waals surface area contributed by atoms with Gasteiger partial charge in [-0.15, -0.1) is 0 Å². The summed E-state index contributed by atoms with van der Waals surface area (Å²) in [6, 6.07) is 14.0. The Kier molecular flexibility index (Phi) is 5.77. The number of nitrogens with one attached hydrogen (secondary N) is 2. The molecule has 0 fully saturated rings. The average Bonchev–Trinajstić information content (AvgIpc) is 3.28. The summed E-state index contributed by atoms with van der Waals surface area (Å²) >= 11 is 1.20. The van der Waals surface area contributed by atoms with Gasteiger partial charge in [-0.3, -0.25) is 10.1 Å². The number of para-hydroxylation sites is 1.